The molecule has 2 N–H and O–H groups in total. The summed E-state index contributed by atoms with van der Waals surface area (Å²) in [5.74, 6) is 0.232. The van der Waals surface area contributed by atoms with Crippen molar-refractivity contribution in [1.29, 1.82) is 0 Å². The molecule has 1 rings (SSSR count). The Hall–Kier alpha value is -0.840. The third kappa shape index (κ3) is 3.96. The van der Waals surface area contributed by atoms with Crippen LogP contribution in [0.3, 0.4) is 0 Å². The topological polar surface area (TPSA) is 49.6 Å². The van der Waals surface area contributed by atoms with Gasteiger partial charge in [-0.15, -0.1) is 0 Å². The summed E-state index contributed by atoms with van der Waals surface area (Å²) in [5.41, 5.74) is 5.60. The zero-order valence-electron chi connectivity index (χ0n) is 10.3. The molecule has 0 saturated carbocycles. The Bertz CT molecular complexity index is 277. The van der Waals surface area contributed by atoms with Crippen LogP contribution in [0.2, 0.25) is 0 Å². The Morgan fingerprint density at radius 1 is 1.19 bits per heavy atom. The van der Waals surface area contributed by atoms with E-state index in [9.17, 15) is 4.79 Å². The average Bonchev–Trinajstić information content (AvgIpc) is 2.15. The van der Waals surface area contributed by atoms with Gasteiger partial charge in [0.25, 0.3) is 0 Å². The number of piperazine rings is 1. The summed E-state index contributed by atoms with van der Waals surface area (Å²) in [4.78, 5) is 15.8. The molecule has 0 aromatic heterocycles. The highest BCUT2D eigenvalue weighted by Crippen LogP contribution is 2.20. The molecule has 1 amide bonds. The molecule has 0 aromatic rings. The summed E-state index contributed by atoms with van der Waals surface area (Å²) in [7, 11) is 0. The number of amides is 1. The highest BCUT2D eigenvalue weighted by atomic mass is 32.1. The first-order valence-corrected chi connectivity index (χ1v) is 6.02. The minimum atomic E-state index is 0.0530. The van der Waals surface area contributed by atoms with Crippen molar-refractivity contribution in [2.75, 3.05) is 26.2 Å². The number of carbonyl (C=O) groups is 1. The summed E-state index contributed by atoms with van der Waals surface area (Å²) in [6.07, 6.45) is 0.597. The molecular weight excluding hydrogens is 222 g/mol. The third-order valence-corrected chi connectivity index (χ3v) is 2.88. The number of nitrogens with two attached hydrogens (primary N) is 1. The molecule has 0 spiro atoms. The Morgan fingerprint density at radius 2 is 1.62 bits per heavy atom. The lowest BCUT2D eigenvalue weighted by atomic mass is 9.91. The van der Waals surface area contributed by atoms with E-state index < -0.39 is 0 Å². The molecule has 0 radical (unpaired) electrons. The lowest BCUT2D eigenvalue weighted by Gasteiger charge is -2.36. The molecule has 0 aromatic carbocycles. The molecule has 0 aliphatic carbocycles. The first kappa shape index (κ1) is 13.2. The second-order valence-electron chi connectivity index (χ2n) is 5.44. The predicted molar refractivity (Wildman–Crippen MR) is 69.0 cm³/mol. The van der Waals surface area contributed by atoms with E-state index in [2.05, 4.69) is 20.8 Å². The molecule has 1 fully saturated rings. The average molecular weight is 243 g/mol. The van der Waals surface area contributed by atoms with E-state index >= 15 is 0 Å². The van der Waals surface area contributed by atoms with E-state index in [4.69, 9.17) is 18.0 Å². The van der Waals surface area contributed by atoms with E-state index in [1.807, 2.05) is 9.80 Å². The summed E-state index contributed by atoms with van der Waals surface area (Å²) < 4.78 is 0. The Balaban J connectivity index is 2.42. The maximum Gasteiger partial charge on any atom is 0.223 e. The van der Waals surface area contributed by atoms with Gasteiger partial charge in [-0.1, -0.05) is 20.8 Å². The van der Waals surface area contributed by atoms with Crippen molar-refractivity contribution in [3.63, 3.8) is 0 Å². The van der Waals surface area contributed by atoms with Gasteiger partial charge in [0.2, 0.25) is 5.91 Å². The van der Waals surface area contributed by atoms with Crippen molar-refractivity contribution in [1.82, 2.24) is 9.80 Å². The zero-order chi connectivity index (χ0) is 12.3. The van der Waals surface area contributed by atoms with Gasteiger partial charge in [-0.3, -0.25) is 4.79 Å². The maximum absolute atomic E-state index is 11.9. The van der Waals surface area contributed by atoms with Crippen LogP contribution in [0.25, 0.3) is 0 Å². The van der Waals surface area contributed by atoms with Gasteiger partial charge in [0.15, 0.2) is 5.11 Å². The number of rotatable bonds is 1. The lowest BCUT2D eigenvalue weighted by molar-refractivity contribution is -0.134. The molecule has 0 unspecified atom stereocenters. The molecule has 1 saturated heterocycles. The van der Waals surface area contributed by atoms with Crippen LogP contribution in [0.15, 0.2) is 0 Å². The van der Waals surface area contributed by atoms with Crippen LogP contribution in [-0.2, 0) is 4.79 Å². The van der Waals surface area contributed by atoms with Gasteiger partial charge in [-0.25, -0.2) is 0 Å². The molecular formula is C11H21N3OS. The Kier molecular flexibility index (Phi) is 4.13. The minimum absolute atomic E-state index is 0.0530. The highest BCUT2D eigenvalue weighted by Gasteiger charge is 2.24. The third-order valence-electron chi connectivity index (χ3n) is 2.63. The van der Waals surface area contributed by atoms with Gasteiger partial charge in [-0.05, 0) is 17.6 Å². The summed E-state index contributed by atoms with van der Waals surface area (Å²) >= 11 is 4.91. The molecule has 5 heteroatoms. The number of nitrogens with zero attached hydrogens (tertiary/aromatic N) is 2. The van der Waals surface area contributed by atoms with E-state index in [1.54, 1.807) is 0 Å². The van der Waals surface area contributed by atoms with Crippen LogP contribution < -0.4 is 5.73 Å². The van der Waals surface area contributed by atoms with Gasteiger partial charge in [0.1, 0.15) is 0 Å². The summed E-state index contributed by atoms with van der Waals surface area (Å²) in [5, 5.41) is 0.433. The van der Waals surface area contributed by atoms with Crippen LogP contribution in [0.4, 0.5) is 0 Å². The normalized spacial score (nSPS) is 17.4. The summed E-state index contributed by atoms with van der Waals surface area (Å²) in [6.45, 7) is 9.21. The molecule has 0 atom stereocenters. The fourth-order valence-corrected chi connectivity index (χ4v) is 1.92. The quantitative estimate of drug-likeness (QED) is 0.693. The monoisotopic (exact) mass is 243 g/mol. The Morgan fingerprint density at radius 3 is 2.00 bits per heavy atom. The summed E-state index contributed by atoms with van der Waals surface area (Å²) in [6, 6.07) is 0. The van der Waals surface area contributed by atoms with Gasteiger partial charge in [0, 0.05) is 32.6 Å². The molecule has 4 nitrogen and oxygen atoms in total. The first-order chi connectivity index (χ1) is 7.29. The number of hydrogen-bond acceptors (Lipinski definition) is 2. The largest absolute Gasteiger partial charge is 0.376 e. The van der Waals surface area contributed by atoms with Crippen LogP contribution in [0.5, 0.6) is 0 Å². The van der Waals surface area contributed by atoms with Crippen molar-refractivity contribution in [3.8, 4) is 0 Å². The molecule has 1 heterocycles. The number of hydrogen-bond donors (Lipinski definition) is 1. The lowest BCUT2D eigenvalue weighted by Crippen LogP contribution is -2.52. The fraction of sp³-hybridized carbons (Fsp3) is 0.818. The molecule has 92 valence electrons. The van der Waals surface area contributed by atoms with Crippen molar-refractivity contribution < 1.29 is 4.79 Å². The fourth-order valence-electron chi connectivity index (χ4n) is 1.74. The van der Waals surface area contributed by atoms with Crippen molar-refractivity contribution >= 4 is 23.2 Å². The van der Waals surface area contributed by atoms with Crippen molar-refractivity contribution in [3.05, 3.63) is 0 Å². The van der Waals surface area contributed by atoms with Gasteiger partial charge < -0.3 is 15.5 Å². The smallest absolute Gasteiger partial charge is 0.223 e. The van der Waals surface area contributed by atoms with Crippen LogP contribution >= 0.6 is 12.2 Å². The van der Waals surface area contributed by atoms with E-state index in [0.29, 0.717) is 11.5 Å². The van der Waals surface area contributed by atoms with Crippen LogP contribution in [0.1, 0.15) is 27.2 Å². The number of carbonyl (C=O) groups excluding carboxylic acids is 1. The van der Waals surface area contributed by atoms with Gasteiger partial charge in [0.05, 0.1) is 0 Å². The first-order valence-electron chi connectivity index (χ1n) is 5.62. The van der Waals surface area contributed by atoms with Gasteiger partial charge >= 0.3 is 0 Å². The predicted octanol–water partition coefficient (Wildman–Crippen LogP) is 0.810. The molecule has 1 aliphatic heterocycles. The second kappa shape index (κ2) is 4.99. The highest BCUT2D eigenvalue weighted by molar-refractivity contribution is 7.80. The maximum atomic E-state index is 11.9. The second-order valence-corrected chi connectivity index (χ2v) is 5.86. The van der Waals surface area contributed by atoms with Gasteiger partial charge in [-0.2, -0.15) is 0 Å². The van der Waals surface area contributed by atoms with Crippen LogP contribution in [0, 0.1) is 5.41 Å². The Labute approximate surface area is 103 Å². The number of thiocarbonyl (C=S) groups is 1. The van der Waals surface area contributed by atoms with Crippen molar-refractivity contribution in [2.45, 2.75) is 27.2 Å². The molecule has 1 aliphatic rings. The SMILES string of the molecule is CC(C)(C)CC(=O)N1CCN(C(N)=S)CC1. The van der Waals surface area contributed by atoms with Crippen LogP contribution in [-0.4, -0.2) is 47.0 Å². The van der Waals surface area contributed by atoms with E-state index in [-0.39, 0.29) is 11.3 Å². The van der Waals surface area contributed by atoms with Crippen molar-refractivity contribution in [2.24, 2.45) is 11.1 Å². The van der Waals surface area contributed by atoms with E-state index in [1.165, 1.54) is 0 Å². The molecule has 0 bridgehead atoms. The minimum Gasteiger partial charge on any atom is -0.376 e. The van der Waals surface area contributed by atoms with E-state index in [0.717, 1.165) is 26.2 Å². The zero-order valence-corrected chi connectivity index (χ0v) is 11.1. The molecule has 16 heavy (non-hydrogen) atoms. The standard InChI is InChI=1S/C11H21N3OS/c1-11(2,3)8-9(15)13-4-6-14(7-5-13)10(12)16/h4-8H2,1-3H3,(H2,12,16).